The number of rotatable bonds is 3. The SMILES string of the molecule is CN(c1ncc(C#N)c(-c2c[nH]c3ncc(C(F)(F)F)cc23)n1)C1CCCCC1. The number of nitrogens with one attached hydrogen (secondary N) is 1. The van der Waals surface area contributed by atoms with Crippen LogP contribution in [0.25, 0.3) is 22.3 Å². The normalized spacial score (nSPS) is 15.4. The van der Waals surface area contributed by atoms with Crippen molar-refractivity contribution in [3.63, 3.8) is 0 Å². The molecule has 1 aliphatic carbocycles. The average Bonchev–Trinajstić information content (AvgIpc) is 3.16. The Morgan fingerprint density at radius 1 is 1.17 bits per heavy atom. The molecule has 0 amide bonds. The zero-order chi connectivity index (χ0) is 20.6. The number of hydrogen-bond donors (Lipinski definition) is 1. The predicted octanol–water partition coefficient (Wildman–Crippen LogP) is 4.68. The third-order valence-electron chi connectivity index (χ3n) is 5.45. The van der Waals surface area contributed by atoms with Crippen LogP contribution in [0.3, 0.4) is 0 Å². The van der Waals surface area contributed by atoms with Gasteiger partial charge in [0.15, 0.2) is 0 Å². The first-order chi connectivity index (χ1) is 13.9. The fourth-order valence-electron chi connectivity index (χ4n) is 3.82. The van der Waals surface area contributed by atoms with E-state index in [2.05, 4.69) is 19.9 Å². The number of aromatic nitrogens is 4. The van der Waals surface area contributed by atoms with E-state index in [1.54, 1.807) is 0 Å². The highest BCUT2D eigenvalue weighted by Gasteiger charge is 2.32. The van der Waals surface area contributed by atoms with Gasteiger partial charge in [-0.05, 0) is 18.9 Å². The van der Waals surface area contributed by atoms with E-state index >= 15 is 0 Å². The lowest BCUT2D eigenvalue weighted by Crippen LogP contribution is -2.34. The molecule has 3 aromatic heterocycles. The maximum Gasteiger partial charge on any atom is 0.417 e. The Kier molecular flexibility index (Phi) is 4.86. The first-order valence-electron chi connectivity index (χ1n) is 9.43. The number of pyridine rings is 1. The van der Waals surface area contributed by atoms with Crippen LogP contribution in [0.2, 0.25) is 0 Å². The maximum atomic E-state index is 13.1. The summed E-state index contributed by atoms with van der Waals surface area (Å²) in [5.74, 6) is 0.459. The fourth-order valence-corrected chi connectivity index (χ4v) is 3.82. The van der Waals surface area contributed by atoms with E-state index in [4.69, 9.17) is 0 Å². The van der Waals surface area contributed by atoms with Gasteiger partial charge < -0.3 is 9.88 Å². The van der Waals surface area contributed by atoms with Crippen molar-refractivity contribution < 1.29 is 13.2 Å². The van der Waals surface area contributed by atoms with Crippen molar-refractivity contribution in [3.05, 3.63) is 35.8 Å². The molecule has 29 heavy (non-hydrogen) atoms. The minimum atomic E-state index is -4.51. The molecule has 4 rings (SSSR count). The van der Waals surface area contributed by atoms with Crippen LogP contribution in [0.1, 0.15) is 43.2 Å². The number of nitriles is 1. The van der Waals surface area contributed by atoms with Crippen LogP contribution in [0.15, 0.2) is 24.7 Å². The molecule has 1 fully saturated rings. The smallest absolute Gasteiger partial charge is 0.345 e. The third kappa shape index (κ3) is 3.62. The Bertz CT molecular complexity index is 1080. The number of H-pyrrole nitrogens is 1. The van der Waals surface area contributed by atoms with Gasteiger partial charge in [0.25, 0.3) is 0 Å². The lowest BCUT2D eigenvalue weighted by atomic mass is 9.95. The predicted molar refractivity (Wildman–Crippen MR) is 102 cm³/mol. The van der Waals surface area contributed by atoms with Crippen molar-refractivity contribution in [2.75, 3.05) is 11.9 Å². The molecule has 3 aromatic rings. The van der Waals surface area contributed by atoms with E-state index in [0.29, 0.717) is 28.9 Å². The van der Waals surface area contributed by atoms with Crippen LogP contribution in [-0.4, -0.2) is 33.0 Å². The van der Waals surface area contributed by atoms with Gasteiger partial charge >= 0.3 is 6.18 Å². The molecule has 9 heteroatoms. The molecule has 0 spiro atoms. The standard InChI is InChI=1S/C20H19F3N6/c1-29(14-5-3-2-4-6-14)19-27-9-12(8-24)17(28-19)16-11-26-18-15(16)7-13(10-25-18)20(21,22)23/h7,9-11,14H,2-6H2,1H3,(H,25,26). The highest BCUT2D eigenvalue weighted by Crippen LogP contribution is 2.35. The average molecular weight is 400 g/mol. The van der Waals surface area contributed by atoms with Crippen LogP contribution >= 0.6 is 0 Å². The van der Waals surface area contributed by atoms with Gasteiger partial charge in [-0.1, -0.05) is 19.3 Å². The minimum Gasteiger partial charge on any atom is -0.345 e. The quantitative estimate of drug-likeness (QED) is 0.690. The minimum absolute atomic E-state index is 0.198. The number of fused-ring (bicyclic) bond motifs is 1. The lowest BCUT2D eigenvalue weighted by Gasteiger charge is -2.31. The van der Waals surface area contributed by atoms with E-state index in [1.807, 2.05) is 18.0 Å². The summed E-state index contributed by atoms with van der Waals surface area (Å²) in [6.45, 7) is 0. The zero-order valence-corrected chi connectivity index (χ0v) is 15.8. The molecule has 1 saturated carbocycles. The molecule has 1 N–H and O–H groups in total. The van der Waals surface area contributed by atoms with Crippen LogP contribution < -0.4 is 4.90 Å². The van der Waals surface area contributed by atoms with Gasteiger partial charge in [0.2, 0.25) is 5.95 Å². The van der Waals surface area contributed by atoms with E-state index < -0.39 is 11.7 Å². The summed E-state index contributed by atoms with van der Waals surface area (Å²) in [6, 6.07) is 3.38. The van der Waals surface area contributed by atoms with Crippen molar-refractivity contribution in [1.29, 1.82) is 5.26 Å². The fraction of sp³-hybridized carbons (Fsp3) is 0.400. The van der Waals surface area contributed by atoms with Gasteiger partial charge in [-0.3, -0.25) is 0 Å². The maximum absolute atomic E-state index is 13.1. The van der Waals surface area contributed by atoms with Crippen molar-refractivity contribution in [2.24, 2.45) is 0 Å². The Balaban J connectivity index is 1.80. The summed E-state index contributed by atoms with van der Waals surface area (Å²) in [4.78, 5) is 17.6. The summed E-state index contributed by atoms with van der Waals surface area (Å²) in [6.07, 6.45) is 4.83. The van der Waals surface area contributed by atoms with E-state index in [-0.39, 0.29) is 10.9 Å². The number of halogens is 3. The Morgan fingerprint density at radius 2 is 1.93 bits per heavy atom. The summed E-state index contributed by atoms with van der Waals surface area (Å²) in [5.41, 5.74) is 0.350. The van der Waals surface area contributed by atoms with Crippen molar-refractivity contribution >= 4 is 17.0 Å². The van der Waals surface area contributed by atoms with Gasteiger partial charge in [-0.2, -0.15) is 18.4 Å². The third-order valence-corrected chi connectivity index (χ3v) is 5.45. The Labute approximate surface area is 165 Å². The highest BCUT2D eigenvalue weighted by atomic mass is 19.4. The molecule has 0 aromatic carbocycles. The molecule has 0 aliphatic heterocycles. The van der Waals surface area contributed by atoms with Gasteiger partial charge in [-0.15, -0.1) is 0 Å². The molecule has 0 bridgehead atoms. The molecule has 0 atom stereocenters. The van der Waals surface area contributed by atoms with Gasteiger partial charge in [0.1, 0.15) is 11.7 Å². The summed E-state index contributed by atoms with van der Waals surface area (Å²) in [5, 5.41) is 9.77. The first-order valence-corrected chi connectivity index (χ1v) is 9.43. The molecule has 0 saturated heterocycles. The molecule has 1 aliphatic rings. The highest BCUT2D eigenvalue weighted by molar-refractivity contribution is 5.94. The molecule has 3 heterocycles. The number of nitrogens with zero attached hydrogens (tertiary/aromatic N) is 5. The molecule has 0 unspecified atom stereocenters. The summed E-state index contributed by atoms with van der Waals surface area (Å²) in [7, 11) is 1.92. The molecular formula is C20H19F3N6. The van der Waals surface area contributed by atoms with Crippen LogP contribution in [0, 0.1) is 11.3 Å². The molecule has 150 valence electrons. The summed E-state index contributed by atoms with van der Waals surface area (Å²) < 4.78 is 39.4. The van der Waals surface area contributed by atoms with Crippen molar-refractivity contribution in [3.8, 4) is 17.3 Å². The van der Waals surface area contributed by atoms with E-state index in [9.17, 15) is 18.4 Å². The van der Waals surface area contributed by atoms with Gasteiger partial charge in [0.05, 0.1) is 23.0 Å². The Hall–Kier alpha value is -3.15. The number of hydrogen-bond acceptors (Lipinski definition) is 5. The topological polar surface area (TPSA) is 81.5 Å². The van der Waals surface area contributed by atoms with E-state index in [0.717, 1.165) is 37.9 Å². The van der Waals surface area contributed by atoms with E-state index in [1.165, 1.54) is 18.8 Å². The largest absolute Gasteiger partial charge is 0.417 e. The number of aromatic amines is 1. The second-order valence-corrected chi connectivity index (χ2v) is 7.27. The molecular weight excluding hydrogens is 381 g/mol. The summed E-state index contributed by atoms with van der Waals surface area (Å²) >= 11 is 0. The lowest BCUT2D eigenvalue weighted by molar-refractivity contribution is -0.137. The van der Waals surface area contributed by atoms with Crippen molar-refractivity contribution in [1.82, 2.24) is 19.9 Å². The Morgan fingerprint density at radius 3 is 2.62 bits per heavy atom. The monoisotopic (exact) mass is 400 g/mol. The van der Waals surface area contributed by atoms with Crippen molar-refractivity contribution in [2.45, 2.75) is 44.3 Å². The number of alkyl halides is 3. The van der Waals surface area contributed by atoms with Crippen LogP contribution in [-0.2, 0) is 6.18 Å². The molecule has 0 radical (unpaired) electrons. The second-order valence-electron chi connectivity index (χ2n) is 7.27. The van der Waals surface area contributed by atoms with Crippen LogP contribution in [0.5, 0.6) is 0 Å². The first kappa shape index (κ1) is 19.2. The van der Waals surface area contributed by atoms with Gasteiger partial charge in [-0.25, -0.2) is 15.0 Å². The van der Waals surface area contributed by atoms with Crippen LogP contribution in [0.4, 0.5) is 19.1 Å². The molecule has 6 nitrogen and oxygen atoms in total. The zero-order valence-electron chi connectivity index (χ0n) is 15.8. The number of anilines is 1. The second kappa shape index (κ2) is 7.35. The van der Waals surface area contributed by atoms with Gasteiger partial charge in [0, 0.05) is 36.4 Å².